The molecule has 3 rings (SSSR count). The van der Waals surface area contributed by atoms with Crippen molar-refractivity contribution in [3.63, 3.8) is 0 Å². The summed E-state index contributed by atoms with van der Waals surface area (Å²) in [6, 6.07) is 10.8. The topological polar surface area (TPSA) is 54.2 Å². The van der Waals surface area contributed by atoms with Gasteiger partial charge in [0.05, 0.1) is 12.7 Å². The zero-order valence-electron chi connectivity index (χ0n) is 13.4. The standard InChI is InChI=1S/C18H23N5/c1-19-18(22-17-9-5-6-10-17)20-11-16-12-21-23(14-16)13-15-7-3-2-4-8-15/h2-8,12,14,17H,9-11,13H2,1H3,(H2,19,20,22). The van der Waals surface area contributed by atoms with Gasteiger partial charge in [0.2, 0.25) is 0 Å². The number of nitrogens with zero attached hydrogens (tertiary/aromatic N) is 3. The van der Waals surface area contributed by atoms with Crippen molar-refractivity contribution in [1.82, 2.24) is 20.4 Å². The average Bonchev–Trinajstić information content (AvgIpc) is 3.24. The van der Waals surface area contributed by atoms with Gasteiger partial charge in [-0.2, -0.15) is 5.10 Å². The lowest BCUT2D eigenvalue weighted by molar-refractivity contribution is 0.632. The molecule has 2 aromatic rings. The van der Waals surface area contributed by atoms with Crippen LogP contribution in [0.2, 0.25) is 0 Å². The number of rotatable bonds is 5. The number of guanidine groups is 1. The molecule has 0 unspecified atom stereocenters. The maximum absolute atomic E-state index is 4.42. The molecule has 0 amide bonds. The Morgan fingerprint density at radius 1 is 1.22 bits per heavy atom. The SMILES string of the molecule is CN=C(NCc1cnn(Cc2ccccc2)c1)NC1CC=CC1. The molecule has 0 spiro atoms. The van der Waals surface area contributed by atoms with Crippen LogP contribution in [0.3, 0.4) is 0 Å². The fraction of sp³-hybridized carbons (Fsp3) is 0.333. The molecule has 1 aromatic heterocycles. The van der Waals surface area contributed by atoms with E-state index in [2.05, 4.69) is 63.3 Å². The lowest BCUT2D eigenvalue weighted by Crippen LogP contribution is -2.42. The summed E-state index contributed by atoms with van der Waals surface area (Å²) in [5, 5.41) is 11.2. The Labute approximate surface area is 137 Å². The zero-order valence-corrected chi connectivity index (χ0v) is 13.4. The molecule has 0 fully saturated rings. The van der Waals surface area contributed by atoms with Crippen molar-refractivity contribution < 1.29 is 0 Å². The summed E-state index contributed by atoms with van der Waals surface area (Å²) < 4.78 is 1.96. The number of aromatic nitrogens is 2. The summed E-state index contributed by atoms with van der Waals surface area (Å²) in [4.78, 5) is 4.28. The highest BCUT2D eigenvalue weighted by atomic mass is 15.3. The molecule has 0 saturated heterocycles. The quantitative estimate of drug-likeness (QED) is 0.506. The molecular weight excluding hydrogens is 286 g/mol. The predicted octanol–water partition coefficient (Wildman–Crippen LogP) is 2.31. The first-order valence-corrected chi connectivity index (χ1v) is 8.01. The number of hydrogen-bond acceptors (Lipinski definition) is 2. The third-order valence-electron chi connectivity index (χ3n) is 3.91. The maximum Gasteiger partial charge on any atom is 0.191 e. The molecule has 0 atom stereocenters. The lowest BCUT2D eigenvalue weighted by atomic mass is 10.2. The first-order chi connectivity index (χ1) is 11.3. The first kappa shape index (κ1) is 15.3. The van der Waals surface area contributed by atoms with Gasteiger partial charge in [-0.05, 0) is 18.4 Å². The summed E-state index contributed by atoms with van der Waals surface area (Å²) in [5.41, 5.74) is 2.40. The molecule has 23 heavy (non-hydrogen) atoms. The Balaban J connectivity index is 1.50. The number of nitrogens with one attached hydrogen (secondary N) is 2. The van der Waals surface area contributed by atoms with Gasteiger partial charge in [0, 0.05) is 31.4 Å². The van der Waals surface area contributed by atoms with E-state index in [1.54, 1.807) is 7.05 Å². The van der Waals surface area contributed by atoms with E-state index in [-0.39, 0.29) is 0 Å². The molecule has 2 N–H and O–H groups in total. The van der Waals surface area contributed by atoms with E-state index in [1.807, 2.05) is 16.9 Å². The molecule has 5 nitrogen and oxygen atoms in total. The van der Waals surface area contributed by atoms with Crippen LogP contribution in [0.4, 0.5) is 0 Å². The second kappa shape index (κ2) is 7.63. The average molecular weight is 309 g/mol. The molecule has 0 saturated carbocycles. The van der Waals surface area contributed by atoms with Gasteiger partial charge in [-0.3, -0.25) is 9.67 Å². The highest BCUT2D eigenvalue weighted by Gasteiger charge is 2.11. The number of aliphatic imine (C=N–C) groups is 1. The molecule has 0 aliphatic heterocycles. The van der Waals surface area contributed by atoms with Gasteiger partial charge < -0.3 is 10.6 Å². The van der Waals surface area contributed by atoms with Crippen LogP contribution in [0.5, 0.6) is 0 Å². The Morgan fingerprint density at radius 2 is 2.00 bits per heavy atom. The summed E-state index contributed by atoms with van der Waals surface area (Å²) in [7, 11) is 1.80. The van der Waals surface area contributed by atoms with Crippen LogP contribution in [0.1, 0.15) is 24.0 Å². The zero-order chi connectivity index (χ0) is 15.9. The van der Waals surface area contributed by atoms with Crippen molar-refractivity contribution in [2.24, 2.45) is 4.99 Å². The summed E-state index contributed by atoms with van der Waals surface area (Å²) in [6.07, 6.45) is 10.5. The van der Waals surface area contributed by atoms with Crippen LogP contribution in [0.25, 0.3) is 0 Å². The molecule has 1 heterocycles. The normalized spacial score (nSPS) is 15.1. The third-order valence-corrected chi connectivity index (χ3v) is 3.91. The maximum atomic E-state index is 4.42. The second-order valence-electron chi connectivity index (χ2n) is 5.74. The highest BCUT2D eigenvalue weighted by Crippen LogP contribution is 2.09. The van der Waals surface area contributed by atoms with Crippen LogP contribution >= 0.6 is 0 Å². The van der Waals surface area contributed by atoms with Gasteiger partial charge in [0.15, 0.2) is 5.96 Å². The van der Waals surface area contributed by atoms with Gasteiger partial charge in [0.1, 0.15) is 0 Å². The van der Waals surface area contributed by atoms with E-state index in [1.165, 1.54) is 5.56 Å². The van der Waals surface area contributed by atoms with Crippen LogP contribution in [0, 0.1) is 0 Å². The van der Waals surface area contributed by atoms with Gasteiger partial charge in [-0.15, -0.1) is 0 Å². The van der Waals surface area contributed by atoms with Crippen LogP contribution in [-0.2, 0) is 13.1 Å². The third kappa shape index (κ3) is 4.45. The van der Waals surface area contributed by atoms with Gasteiger partial charge in [-0.25, -0.2) is 0 Å². The first-order valence-electron chi connectivity index (χ1n) is 8.01. The van der Waals surface area contributed by atoms with Crippen LogP contribution in [-0.4, -0.2) is 28.8 Å². The number of hydrogen-bond donors (Lipinski definition) is 2. The van der Waals surface area contributed by atoms with Gasteiger partial charge in [0.25, 0.3) is 0 Å². The second-order valence-corrected chi connectivity index (χ2v) is 5.74. The van der Waals surface area contributed by atoms with Crippen molar-refractivity contribution in [3.05, 3.63) is 66.0 Å². The van der Waals surface area contributed by atoms with Crippen molar-refractivity contribution >= 4 is 5.96 Å². The molecule has 0 bridgehead atoms. The van der Waals surface area contributed by atoms with Crippen molar-refractivity contribution in [2.75, 3.05) is 7.05 Å². The Bertz CT molecular complexity index is 664. The van der Waals surface area contributed by atoms with Gasteiger partial charge in [-0.1, -0.05) is 42.5 Å². The Kier molecular flexibility index (Phi) is 5.09. The molecule has 0 radical (unpaired) electrons. The van der Waals surface area contributed by atoms with E-state index >= 15 is 0 Å². The van der Waals surface area contributed by atoms with Crippen LogP contribution in [0.15, 0.2) is 59.9 Å². The Hall–Kier alpha value is -2.56. The minimum Gasteiger partial charge on any atom is -0.353 e. The lowest BCUT2D eigenvalue weighted by Gasteiger charge is -2.16. The summed E-state index contributed by atoms with van der Waals surface area (Å²) >= 11 is 0. The van der Waals surface area contributed by atoms with E-state index in [4.69, 9.17) is 0 Å². The molecule has 1 aliphatic carbocycles. The van der Waals surface area contributed by atoms with E-state index in [0.717, 1.165) is 30.9 Å². The van der Waals surface area contributed by atoms with Crippen molar-refractivity contribution in [2.45, 2.75) is 32.0 Å². The molecule has 1 aliphatic rings. The summed E-state index contributed by atoms with van der Waals surface area (Å²) in [6.45, 7) is 1.51. The highest BCUT2D eigenvalue weighted by molar-refractivity contribution is 5.80. The van der Waals surface area contributed by atoms with E-state index in [9.17, 15) is 0 Å². The number of benzene rings is 1. The minimum absolute atomic E-state index is 0.460. The van der Waals surface area contributed by atoms with Crippen LogP contribution < -0.4 is 10.6 Å². The fourth-order valence-corrected chi connectivity index (χ4v) is 2.66. The summed E-state index contributed by atoms with van der Waals surface area (Å²) in [5.74, 6) is 0.842. The molecular formula is C18H23N5. The van der Waals surface area contributed by atoms with Gasteiger partial charge >= 0.3 is 0 Å². The predicted molar refractivity (Wildman–Crippen MR) is 93.3 cm³/mol. The van der Waals surface area contributed by atoms with Crippen molar-refractivity contribution in [3.8, 4) is 0 Å². The molecule has 120 valence electrons. The molecule has 5 heteroatoms. The smallest absolute Gasteiger partial charge is 0.191 e. The minimum atomic E-state index is 0.460. The van der Waals surface area contributed by atoms with Crippen molar-refractivity contribution in [1.29, 1.82) is 0 Å². The van der Waals surface area contributed by atoms with E-state index < -0.39 is 0 Å². The monoisotopic (exact) mass is 309 g/mol. The molecule has 1 aromatic carbocycles. The van der Waals surface area contributed by atoms with E-state index in [0.29, 0.717) is 12.6 Å². The fourth-order valence-electron chi connectivity index (χ4n) is 2.66. The largest absolute Gasteiger partial charge is 0.353 e. The Morgan fingerprint density at radius 3 is 2.74 bits per heavy atom.